The van der Waals surface area contributed by atoms with E-state index in [2.05, 4.69) is 0 Å². The van der Waals surface area contributed by atoms with Crippen LogP contribution >= 0.6 is 22.9 Å². The summed E-state index contributed by atoms with van der Waals surface area (Å²) in [6.45, 7) is 0. The van der Waals surface area contributed by atoms with Crippen LogP contribution < -0.4 is 5.73 Å². The van der Waals surface area contributed by atoms with E-state index in [4.69, 9.17) is 22.3 Å². The number of hydrogen-bond donors (Lipinski definition) is 1. The number of benzene rings is 1. The van der Waals surface area contributed by atoms with Crippen molar-refractivity contribution in [3.8, 4) is 0 Å². The number of fused-ring (bicyclic) bond motifs is 1. The zero-order valence-corrected chi connectivity index (χ0v) is 11.9. The highest BCUT2D eigenvalue weighted by Crippen LogP contribution is 2.38. The van der Waals surface area contributed by atoms with Gasteiger partial charge in [-0.2, -0.15) is 0 Å². The van der Waals surface area contributed by atoms with Gasteiger partial charge in [0.25, 0.3) is 0 Å². The van der Waals surface area contributed by atoms with Crippen LogP contribution in [0, 0.1) is 0 Å². The molecule has 2 aromatic rings. The van der Waals surface area contributed by atoms with E-state index in [-0.39, 0.29) is 5.54 Å². The molecule has 0 radical (unpaired) electrons. The van der Waals surface area contributed by atoms with Gasteiger partial charge in [0.1, 0.15) is 5.01 Å². The molecule has 2 N–H and O–H groups in total. The van der Waals surface area contributed by atoms with Crippen LogP contribution in [0.25, 0.3) is 10.2 Å². The van der Waals surface area contributed by atoms with E-state index in [0.717, 1.165) is 28.4 Å². The molecule has 1 heterocycles. The summed E-state index contributed by atoms with van der Waals surface area (Å²) in [4.78, 5) is 4.72. The van der Waals surface area contributed by atoms with Crippen LogP contribution in [0.4, 0.5) is 0 Å². The Morgan fingerprint density at radius 2 is 1.89 bits per heavy atom. The van der Waals surface area contributed by atoms with Crippen molar-refractivity contribution in [3.05, 3.63) is 28.2 Å². The molecule has 0 bridgehead atoms. The second-order valence-electron chi connectivity index (χ2n) is 5.20. The number of hydrogen-bond acceptors (Lipinski definition) is 3. The molecule has 1 aliphatic carbocycles. The zero-order chi connectivity index (χ0) is 12.6. The molecule has 3 rings (SSSR count). The number of nitrogens with two attached hydrogens (primary N) is 1. The fourth-order valence-electron chi connectivity index (χ4n) is 2.69. The van der Waals surface area contributed by atoms with E-state index in [1.165, 1.54) is 30.4 Å². The highest BCUT2D eigenvalue weighted by atomic mass is 35.5. The molecule has 18 heavy (non-hydrogen) atoms. The van der Waals surface area contributed by atoms with Crippen LogP contribution in [0.15, 0.2) is 18.2 Å². The van der Waals surface area contributed by atoms with Gasteiger partial charge in [0.2, 0.25) is 0 Å². The van der Waals surface area contributed by atoms with Crippen LogP contribution in [0.5, 0.6) is 0 Å². The number of thiazole rings is 1. The van der Waals surface area contributed by atoms with E-state index in [1.54, 1.807) is 11.3 Å². The summed E-state index contributed by atoms with van der Waals surface area (Å²) in [7, 11) is 0. The monoisotopic (exact) mass is 280 g/mol. The van der Waals surface area contributed by atoms with Crippen LogP contribution in [0.3, 0.4) is 0 Å². The molecule has 1 fully saturated rings. The standard InChI is InChI=1S/C14H17ClN2S/c15-10-5-6-12-11(9-10)17-13(18-12)14(16)7-3-1-2-4-8-14/h5-6,9H,1-4,7-8,16H2. The van der Waals surface area contributed by atoms with Gasteiger partial charge in [-0.1, -0.05) is 37.3 Å². The largest absolute Gasteiger partial charge is 0.319 e. The lowest BCUT2D eigenvalue weighted by Crippen LogP contribution is -2.35. The summed E-state index contributed by atoms with van der Waals surface area (Å²) in [5, 5.41) is 1.83. The first kappa shape index (κ1) is 12.4. The van der Waals surface area contributed by atoms with E-state index >= 15 is 0 Å². The normalized spacial score (nSPS) is 19.9. The van der Waals surface area contributed by atoms with Crippen molar-refractivity contribution < 1.29 is 0 Å². The van der Waals surface area contributed by atoms with Crippen LogP contribution in [-0.4, -0.2) is 4.98 Å². The van der Waals surface area contributed by atoms with E-state index < -0.39 is 0 Å². The predicted molar refractivity (Wildman–Crippen MR) is 78.2 cm³/mol. The van der Waals surface area contributed by atoms with Crippen molar-refractivity contribution in [1.82, 2.24) is 4.98 Å². The third kappa shape index (κ3) is 2.27. The summed E-state index contributed by atoms with van der Waals surface area (Å²) >= 11 is 7.73. The maximum Gasteiger partial charge on any atom is 0.114 e. The van der Waals surface area contributed by atoms with E-state index in [9.17, 15) is 0 Å². The van der Waals surface area contributed by atoms with Crippen molar-refractivity contribution in [1.29, 1.82) is 0 Å². The molecule has 96 valence electrons. The molecule has 1 aromatic heterocycles. The minimum absolute atomic E-state index is 0.216. The summed E-state index contributed by atoms with van der Waals surface area (Å²) in [6.07, 6.45) is 7.15. The Morgan fingerprint density at radius 1 is 1.17 bits per heavy atom. The molecule has 0 amide bonds. The predicted octanol–water partition coefficient (Wildman–Crippen LogP) is 4.46. The Kier molecular flexibility index (Phi) is 3.31. The average Bonchev–Trinajstić information content (AvgIpc) is 2.65. The highest BCUT2D eigenvalue weighted by Gasteiger charge is 2.31. The van der Waals surface area contributed by atoms with Crippen molar-refractivity contribution in [2.45, 2.75) is 44.1 Å². The maximum absolute atomic E-state index is 6.60. The Bertz CT molecular complexity index is 556. The molecule has 0 saturated heterocycles. The van der Waals surface area contributed by atoms with Gasteiger partial charge in [-0.3, -0.25) is 0 Å². The molecule has 4 heteroatoms. The number of aromatic nitrogens is 1. The average molecular weight is 281 g/mol. The van der Waals surface area contributed by atoms with Gasteiger partial charge in [-0.15, -0.1) is 11.3 Å². The van der Waals surface area contributed by atoms with Crippen LogP contribution in [0.1, 0.15) is 43.5 Å². The smallest absolute Gasteiger partial charge is 0.114 e. The van der Waals surface area contributed by atoms with Crippen molar-refractivity contribution in [2.75, 3.05) is 0 Å². The third-order valence-electron chi connectivity index (χ3n) is 3.77. The van der Waals surface area contributed by atoms with Crippen LogP contribution in [-0.2, 0) is 5.54 Å². The fraction of sp³-hybridized carbons (Fsp3) is 0.500. The number of rotatable bonds is 1. The van der Waals surface area contributed by atoms with Gasteiger partial charge in [0.15, 0.2) is 0 Å². The van der Waals surface area contributed by atoms with Gasteiger partial charge in [0, 0.05) is 5.02 Å². The van der Waals surface area contributed by atoms with Gasteiger partial charge in [-0.05, 0) is 31.0 Å². The van der Waals surface area contributed by atoms with Gasteiger partial charge in [-0.25, -0.2) is 4.98 Å². The Hall–Kier alpha value is -0.640. The van der Waals surface area contributed by atoms with Crippen molar-refractivity contribution in [3.63, 3.8) is 0 Å². The highest BCUT2D eigenvalue weighted by molar-refractivity contribution is 7.18. The van der Waals surface area contributed by atoms with Crippen molar-refractivity contribution in [2.24, 2.45) is 5.73 Å². The molecule has 1 saturated carbocycles. The molecule has 0 aliphatic heterocycles. The summed E-state index contributed by atoms with van der Waals surface area (Å²) in [6, 6.07) is 5.89. The Balaban J connectivity index is 2.02. The molecular weight excluding hydrogens is 264 g/mol. The quantitative estimate of drug-likeness (QED) is 0.784. The molecule has 0 atom stereocenters. The summed E-state index contributed by atoms with van der Waals surface area (Å²) in [5.74, 6) is 0. The fourth-order valence-corrected chi connectivity index (χ4v) is 3.96. The lowest BCUT2D eigenvalue weighted by molar-refractivity contribution is 0.384. The lowest BCUT2D eigenvalue weighted by Gasteiger charge is -2.25. The second kappa shape index (κ2) is 4.80. The molecular formula is C14H17ClN2S. The summed E-state index contributed by atoms with van der Waals surface area (Å²) < 4.78 is 1.18. The number of nitrogens with zero attached hydrogens (tertiary/aromatic N) is 1. The van der Waals surface area contributed by atoms with E-state index in [0.29, 0.717) is 0 Å². The minimum Gasteiger partial charge on any atom is -0.319 e. The molecule has 2 nitrogen and oxygen atoms in total. The van der Waals surface area contributed by atoms with E-state index in [1.807, 2.05) is 18.2 Å². The Morgan fingerprint density at radius 3 is 2.61 bits per heavy atom. The maximum atomic E-state index is 6.60. The van der Waals surface area contributed by atoms with Gasteiger partial charge < -0.3 is 5.73 Å². The van der Waals surface area contributed by atoms with Gasteiger partial charge in [0.05, 0.1) is 15.8 Å². The van der Waals surface area contributed by atoms with Crippen LogP contribution in [0.2, 0.25) is 5.02 Å². The molecule has 1 aliphatic rings. The first-order chi connectivity index (χ1) is 8.67. The summed E-state index contributed by atoms with van der Waals surface area (Å²) in [5.41, 5.74) is 7.36. The van der Waals surface area contributed by atoms with Gasteiger partial charge >= 0.3 is 0 Å². The topological polar surface area (TPSA) is 38.9 Å². The third-order valence-corrected chi connectivity index (χ3v) is 5.26. The number of halogens is 1. The zero-order valence-electron chi connectivity index (χ0n) is 10.3. The SMILES string of the molecule is NC1(c2nc3cc(Cl)ccc3s2)CCCCCC1. The van der Waals surface area contributed by atoms with Crippen molar-refractivity contribution >= 4 is 33.2 Å². The lowest BCUT2D eigenvalue weighted by atomic mass is 9.92. The Labute approximate surface area is 116 Å². The first-order valence-corrected chi connectivity index (χ1v) is 7.72. The first-order valence-electron chi connectivity index (χ1n) is 6.53. The molecule has 1 aromatic carbocycles. The second-order valence-corrected chi connectivity index (χ2v) is 6.67. The minimum atomic E-state index is -0.216. The molecule has 0 unspecified atom stereocenters. The molecule has 0 spiro atoms.